The molecular weight excluding hydrogens is 304 g/mol. The topological polar surface area (TPSA) is 59.1 Å². The zero-order valence-corrected chi connectivity index (χ0v) is 13.6. The summed E-state index contributed by atoms with van der Waals surface area (Å²) in [6, 6.07) is 7.52. The van der Waals surface area contributed by atoms with E-state index in [2.05, 4.69) is 0 Å². The van der Waals surface area contributed by atoms with Crippen molar-refractivity contribution < 1.29 is 17.9 Å². The lowest BCUT2D eigenvalue weighted by atomic mass is 10.0. The third kappa shape index (κ3) is 2.86. The first-order chi connectivity index (χ1) is 10.6. The summed E-state index contributed by atoms with van der Waals surface area (Å²) < 4.78 is 39.7. The zero-order chi connectivity index (χ0) is 15.6. The van der Waals surface area contributed by atoms with E-state index in [0.29, 0.717) is 32.8 Å². The second-order valence-corrected chi connectivity index (χ2v) is 7.41. The fraction of sp³-hybridized carbons (Fsp3) is 0.600. The fourth-order valence-electron chi connectivity index (χ4n) is 3.19. The number of benzene rings is 1. The minimum atomic E-state index is -3.45. The van der Waals surface area contributed by atoms with E-state index in [0.717, 1.165) is 24.2 Å². The fourth-order valence-corrected chi connectivity index (χ4v) is 5.00. The highest BCUT2D eigenvalue weighted by molar-refractivity contribution is 7.86. The van der Waals surface area contributed by atoms with E-state index in [1.165, 1.54) is 4.31 Å². The molecule has 2 aliphatic rings. The van der Waals surface area contributed by atoms with Gasteiger partial charge in [-0.3, -0.25) is 0 Å². The van der Waals surface area contributed by atoms with Crippen molar-refractivity contribution in [3.63, 3.8) is 0 Å². The van der Waals surface area contributed by atoms with Crippen LogP contribution >= 0.6 is 0 Å². The molecule has 0 radical (unpaired) electrons. The number of ether oxygens (including phenoxy) is 2. The van der Waals surface area contributed by atoms with E-state index < -0.39 is 10.2 Å². The summed E-state index contributed by atoms with van der Waals surface area (Å²) in [5, 5.41) is 0. The number of morpholine rings is 1. The Morgan fingerprint density at radius 1 is 1.18 bits per heavy atom. The molecule has 0 amide bonds. The normalized spacial score (nSPS) is 24.5. The largest absolute Gasteiger partial charge is 0.496 e. The first-order valence-electron chi connectivity index (χ1n) is 7.62. The third-order valence-corrected chi connectivity index (χ3v) is 6.34. The predicted molar refractivity (Wildman–Crippen MR) is 83.0 cm³/mol. The Bertz CT molecular complexity index is 614. The molecule has 6 nitrogen and oxygen atoms in total. The van der Waals surface area contributed by atoms with Crippen LogP contribution in [0.1, 0.15) is 24.4 Å². The number of hydrogen-bond acceptors (Lipinski definition) is 4. The van der Waals surface area contributed by atoms with Crippen LogP contribution in [0.4, 0.5) is 0 Å². The minimum absolute atomic E-state index is 0.149. The molecular formula is C15H22N2O4S. The summed E-state index contributed by atoms with van der Waals surface area (Å²) in [5.74, 6) is 0.747. The van der Waals surface area contributed by atoms with E-state index in [1.54, 1.807) is 11.4 Å². The Labute approximate surface area is 131 Å². The van der Waals surface area contributed by atoms with Gasteiger partial charge in [0.05, 0.1) is 26.4 Å². The van der Waals surface area contributed by atoms with Crippen LogP contribution in [0.3, 0.4) is 0 Å². The van der Waals surface area contributed by atoms with Crippen LogP contribution in [-0.4, -0.2) is 57.0 Å². The Balaban J connectivity index is 1.89. The molecule has 1 aromatic carbocycles. The molecule has 0 spiro atoms. The summed E-state index contributed by atoms with van der Waals surface area (Å²) in [6.45, 7) is 2.34. The molecule has 1 aromatic rings. The molecule has 2 fully saturated rings. The maximum Gasteiger partial charge on any atom is 0.282 e. The van der Waals surface area contributed by atoms with Gasteiger partial charge in [-0.2, -0.15) is 17.0 Å². The van der Waals surface area contributed by atoms with Gasteiger partial charge in [-0.1, -0.05) is 18.2 Å². The number of methoxy groups -OCH3 is 1. The SMILES string of the molecule is COc1ccccc1C1CCCN1S(=O)(=O)N1CCOCC1. The lowest BCUT2D eigenvalue weighted by molar-refractivity contribution is 0.0698. The standard InChI is InChI=1S/C15H22N2O4S/c1-20-15-7-3-2-5-13(15)14-6-4-8-17(14)22(18,19)16-9-11-21-12-10-16/h2-3,5,7,14H,4,6,8-12H2,1H3. The van der Waals surface area contributed by atoms with Gasteiger partial charge in [-0.25, -0.2) is 0 Å². The van der Waals surface area contributed by atoms with Crippen molar-refractivity contribution in [2.45, 2.75) is 18.9 Å². The number of rotatable bonds is 4. The first kappa shape index (κ1) is 15.7. The molecule has 2 aliphatic heterocycles. The summed E-state index contributed by atoms with van der Waals surface area (Å²) in [6.07, 6.45) is 1.69. The van der Waals surface area contributed by atoms with Crippen LogP contribution in [0.5, 0.6) is 5.75 Å². The van der Waals surface area contributed by atoms with Crippen LogP contribution in [0.2, 0.25) is 0 Å². The lowest BCUT2D eigenvalue weighted by Crippen LogP contribution is -2.48. The van der Waals surface area contributed by atoms with E-state index >= 15 is 0 Å². The summed E-state index contributed by atoms with van der Waals surface area (Å²) in [4.78, 5) is 0. The summed E-state index contributed by atoms with van der Waals surface area (Å²) >= 11 is 0. The quantitative estimate of drug-likeness (QED) is 0.839. The predicted octanol–water partition coefficient (Wildman–Crippen LogP) is 1.41. The Kier molecular flexibility index (Phi) is 4.67. The molecule has 0 aromatic heterocycles. The van der Waals surface area contributed by atoms with Crippen LogP contribution in [0.25, 0.3) is 0 Å². The second-order valence-electron chi connectivity index (χ2n) is 5.53. The monoisotopic (exact) mass is 326 g/mol. The average molecular weight is 326 g/mol. The minimum Gasteiger partial charge on any atom is -0.496 e. The van der Waals surface area contributed by atoms with E-state index in [1.807, 2.05) is 24.3 Å². The van der Waals surface area contributed by atoms with Crippen molar-refractivity contribution in [1.82, 2.24) is 8.61 Å². The van der Waals surface area contributed by atoms with E-state index in [9.17, 15) is 8.42 Å². The Morgan fingerprint density at radius 3 is 2.64 bits per heavy atom. The lowest BCUT2D eigenvalue weighted by Gasteiger charge is -2.33. The smallest absolute Gasteiger partial charge is 0.282 e. The molecule has 1 unspecified atom stereocenters. The van der Waals surface area contributed by atoms with Gasteiger partial charge < -0.3 is 9.47 Å². The van der Waals surface area contributed by atoms with Gasteiger partial charge in [-0.15, -0.1) is 0 Å². The molecule has 7 heteroatoms. The van der Waals surface area contributed by atoms with Crippen molar-refractivity contribution >= 4 is 10.2 Å². The van der Waals surface area contributed by atoms with Gasteiger partial charge in [-0.05, 0) is 18.9 Å². The molecule has 22 heavy (non-hydrogen) atoms. The third-order valence-electron chi connectivity index (χ3n) is 4.29. The summed E-state index contributed by atoms with van der Waals surface area (Å²) in [7, 11) is -1.83. The second kappa shape index (κ2) is 6.54. The number of para-hydroxylation sites is 1. The first-order valence-corrected chi connectivity index (χ1v) is 9.02. The van der Waals surface area contributed by atoms with Crippen LogP contribution in [-0.2, 0) is 14.9 Å². The highest BCUT2D eigenvalue weighted by atomic mass is 32.2. The maximum absolute atomic E-state index is 12.9. The molecule has 3 rings (SSSR count). The van der Waals surface area contributed by atoms with E-state index in [-0.39, 0.29) is 6.04 Å². The van der Waals surface area contributed by atoms with Crippen molar-refractivity contribution in [3.8, 4) is 5.75 Å². The summed E-state index contributed by atoms with van der Waals surface area (Å²) in [5.41, 5.74) is 0.944. The van der Waals surface area contributed by atoms with Crippen molar-refractivity contribution in [3.05, 3.63) is 29.8 Å². The van der Waals surface area contributed by atoms with Crippen LogP contribution in [0.15, 0.2) is 24.3 Å². The van der Waals surface area contributed by atoms with Gasteiger partial charge in [0.1, 0.15) is 5.75 Å². The molecule has 2 saturated heterocycles. The number of hydrogen-bond donors (Lipinski definition) is 0. The molecule has 1 atom stereocenters. The zero-order valence-electron chi connectivity index (χ0n) is 12.8. The van der Waals surface area contributed by atoms with E-state index in [4.69, 9.17) is 9.47 Å². The van der Waals surface area contributed by atoms with Gasteiger partial charge in [0, 0.05) is 25.2 Å². The maximum atomic E-state index is 12.9. The van der Waals surface area contributed by atoms with Gasteiger partial charge >= 0.3 is 0 Å². The van der Waals surface area contributed by atoms with Crippen molar-refractivity contribution in [2.75, 3.05) is 40.0 Å². The Hall–Kier alpha value is -1.15. The van der Waals surface area contributed by atoms with Gasteiger partial charge in [0.25, 0.3) is 10.2 Å². The molecule has 0 bridgehead atoms. The highest BCUT2D eigenvalue weighted by Crippen LogP contribution is 2.39. The Morgan fingerprint density at radius 2 is 1.91 bits per heavy atom. The molecule has 122 valence electrons. The molecule has 0 aliphatic carbocycles. The van der Waals surface area contributed by atoms with Crippen molar-refractivity contribution in [1.29, 1.82) is 0 Å². The van der Waals surface area contributed by atoms with Gasteiger partial charge in [0.2, 0.25) is 0 Å². The van der Waals surface area contributed by atoms with Gasteiger partial charge in [0.15, 0.2) is 0 Å². The van der Waals surface area contributed by atoms with Crippen molar-refractivity contribution in [2.24, 2.45) is 0 Å². The van der Waals surface area contributed by atoms with Crippen LogP contribution in [0, 0.1) is 0 Å². The molecule has 2 heterocycles. The molecule has 0 N–H and O–H groups in total. The van der Waals surface area contributed by atoms with Crippen LogP contribution < -0.4 is 4.74 Å². The molecule has 0 saturated carbocycles. The highest BCUT2D eigenvalue weighted by Gasteiger charge is 2.40. The number of nitrogens with zero attached hydrogens (tertiary/aromatic N) is 2. The average Bonchev–Trinajstić information content (AvgIpc) is 3.06.